The number of likely N-dealkylation sites (tertiary alicyclic amines) is 1. The lowest BCUT2D eigenvalue weighted by molar-refractivity contribution is -0.132. The van der Waals surface area contributed by atoms with Gasteiger partial charge in [-0.15, -0.1) is 0 Å². The van der Waals surface area contributed by atoms with Crippen LogP contribution >= 0.6 is 11.6 Å². The molecule has 2 heterocycles. The molecule has 0 aliphatic carbocycles. The number of amides is 2. The molecule has 1 N–H and O–H groups in total. The molecule has 1 aromatic heterocycles. The fraction of sp³-hybridized carbons (Fsp3) is 0.353. The fourth-order valence-corrected chi connectivity index (χ4v) is 3.08. The highest BCUT2D eigenvalue weighted by molar-refractivity contribution is 6.32. The van der Waals surface area contributed by atoms with Gasteiger partial charge in [0.25, 0.3) is 0 Å². The highest BCUT2D eigenvalue weighted by Crippen LogP contribution is 2.22. The Hall–Kier alpha value is -2.34. The molecule has 6 nitrogen and oxygen atoms in total. The molecule has 0 spiro atoms. The smallest absolute Gasteiger partial charge is 0.227 e. The molecule has 1 saturated heterocycles. The zero-order valence-corrected chi connectivity index (χ0v) is 14.2. The van der Waals surface area contributed by atoms with E-state index in [-0.39, 0.29) is 17.7 Å². The number of para-hydroxylation sites is 1. The Labute approximate surface area is 145 Å². The first kappa shape index (κ1) is 16.5. The van der Waals surface area contributed by atoms with Crippen LogP contribution in [0.4, 0.5) is 5.69 Å². The van der Waals surface area contributed by atoms with Crippen molar-refractivity contribution < 1.29 is 9.59 Å². The summed E-state index contributed by atoms with van der Waals surface area (Å²) in [6.45, 7) is 2.82. The van der Waals surface area contributed by atoms with Crippen molar-refractivity contribution in [3.63, 3.8) is 0 Å². The highest BCUT2D eigenvalue weighted by Gasteiger charge is 2.26. The van der Waals surface area contributed by atoms with Crippen molar-refractivity contribution in [1.29, 1.82) is 0 Å². The summed E-state index contributed by atoms with van der Waals surface area (Å²) in [6, 6.07) is 7.38. The van der Waals surface area contributed by atoms with E-state index in [1.165, 1.54) is 0 Å². The third kappa shape index (κ3) is 3.59. The Morgan fingerprint density at radius 3 is 2.62 bits per heavy atom. The number of nitrogens with one attached hydrogen (secondary N) is 1. The van der Waals surface area contributed by atoms with Crippen LogP contribution in [0.5, 0.6) is 0 Å². The van der Waals surface area contributed by atoms with E-state index in [1.807, 2.05) is 18.2 Å². The Bertz CT molecular complexity index is 751. The summed E-state index contributed by atoms with van der Waals surface area (Å²) in [4.78, 5) is 25.5. The molecule has 0 atom stereocenters. The van der Waals surface area contributed by atoms with Crippen LogP contribution in [-0.2, 0) is 9.59 Å². The van der Waals surface area contributed by atoms with Crippen LogP contribution in [0.3, 0.4) is 0 Å². The van der Waals surface area contributed by atoms with Gasteiger partial charge < -0.3 is 10.2 Å². The van der Waals surface area contributed by atoms with Gasteiger partial charge >= 0.3 is 0 Å². The maximum Gasteiger partial charge on any atom is 0.227 e. The van der Waals surface area contributed by atoms with Crippen molar-refractivity contribution in [2.75, 3.05) is 18.4 Å². The van der Waals surface area contributed by atoms with E-state index < -0.39 is 0 Å². The third-order valence-corrected chi connectivity index (χ3v) is 4.58. The first-order valence-electron chi connectivity index (χ1n) is 7.90. The number of aromatic nitrogens is 2. The van der Waals surface area contributed by atoms with Crippen molar-refractivity contribution in [2.45, 2.75) is 19.8 Å². The van der Waals surface area contributed by atoms with Crippen LogP contribution in [0.2, 0.25) is 5.02 Å². The number of carbonyl (C=O) groups excluding carboxylic acids is 2. The van der Waals surface area contributed by atoms with Crippen molar-refractivity contribution in [3.8, 4) is 5.69 Å². The Morgan fingerprint density at radius 2 is 1.96 bits per heavy atom. The van der Waals surface area contributed by atoms with Crippen LogP contribution in [0, 0.1) is 5.92 Å². The topological polar surface area (TPSA) is 67.2 Å². The van der Waals surface area contributed by atoms with Crippen LogP contribution in [0.15, 0.2) is 36.7 Å². The molecule has 2 aromatic rings. The van der Waals surface area contributed by atoms with E-state index in [2.05, 4.69) is 10.4 Å². The van der Waals surface area contributed by atoms with Crippen LogP contribution in [0.25, 0.3) is 5.69 Å². The van der Waals surface area contributed by atoms with E-state index in [0.717, 1.165) is 5.69 Å². The van der Waals surface area contributed by atoms with Gasteiger partial charge in [0, 0.05) is 25.9 Å². The number of hydrogen-bond acceptors (Lipinski definition) is 3. The van der Waals surface area contributed by atoms with Crippen LogP contribution in [0.1, 0.15) is 19.8 Å². The Morgan fingerprint density at radius 1 is 1.25 bits per heavy atom. The summed E-state index contributed by atoms with van der Waals surface area (Å²) in [5.41, 5.74) is 1.39. The number of piperidine rings is 1. The van der Waals surface area contributed by atoms with E-state index in [1.54, 1.807) is 35.0 Å². The number of rotatable bonds is 3. The van der Waals surface area contributed by atoms with Gasteiger partial charge in [0.1, 0.15) is 0 Å². The predicted molar refractivity (Wildman–Crippen MR) is 92.2 cm³/mol. The lowest BCUT2D eigenvalue weighted by Gasteiger charge is -2.30. The number of carbonyl (C=O) groups is 2. The minimum Gasteiger partial charge on any atom is -0.343 e. The summed E-state index contributed by atoms with van der Waals surface area (Å²) >= 11 is 6.15. The molecule has 1 aliphatic heterocycles. The summed E-state index contributed by atoms with van der Waals surface area (Å²) < 4.78 is 1.64. The summed E-state index contributed by atoms with van der Waals surface area (Å²) in [5.74, 6) is -0.0453. The molecule has 1 aromatic carbocycles. The van der Waals surface area contributed by atoms with Crippen LogP contribution < -0.4 is 5.32 Å². The molecule has 3 rings (SSSR count). The first-order chi connectivity index (χ1) is 11.5. The van der Waals surface area contributed by atoms with E-state index in [4.69, 9.17) is 11.6 Å². The zero-order chi connectivity index (χ0) is 17.1. The average molecular weight is 347 g/mol. The second-order valence-electron chi connectivity index (χ2n) is 5.89. The van der Waals surface area contributed by atoms with Gasteiger partial charge in [-0.05, 0) is 25.0 Å². The lowest BCUT2D eigenvalue weighted by Crippen LogP contribution is -2.40. The summed E-state index contributed by atoms with van der Waals surface area (Å²) in [5, 5.41) is 7.73. The van der Waals surface area contributed by atoms with Crippen molar-refractivity contribution in [3.05, 3.63) is 41.7 Å². The fourth-order valence-electron chi connectivity index (χ4n) is 2.86. The molecule has 1 fully saturated rings. The Kier molecular flexibility index (Phi) is 4.85. The zero-order valence-electron chi connectivity index (χ0n) is 13.4. The standard InChI is InChI=1S/C17H19ClN4O2/c1-12(23)21-8-6-13(7-9-21)17(24)20-14-10-19-22(11-14)16-5-3-2-4-15(16)18/h2-5,10-11,13H,6-9H2,1H3,(H,20,24). The molecule has 126 valence electrons. The van der Waals surface area contributed by atoms with Crippen molar-refractivity contribution >= 4 is 29.1 Å². The lowest BCUT2D eigenvalue weighted by atomic mass is 9.96. The normalized spacial score (nSPS) is 15.3. The number of hydrogen-bond donors (Lipinski definition) is 1. The van der Waals surface area contributed by atoms with Gasteiger partial charge in [-0.3, -0.25) is 9.59 Å². The van der Waals surface area contributed by atoms with Gasteiger partial charge in [0.05, 0.1) is 28.8 Å². The summed E-state index contributed by atoms with van der Waals surface area (Å²) in [7, 11) is 0. The number of anilines is 1. The second kappa shape index (κ2) is 7.05. The van der Waals surface area contributed by atoms with Gasteiger partial charge in [0.15, 0.2) is 0 Å². The maximum absolute atomic E-state index is 12.4. The molecule has 0 bridgehead atoms. The quantitative estimate of drug-likeness (QED) is 0.929. The van der Waals surface area contributed by atoms with E-state index in [9.17, 15) is 9.59 Å². The third-order valence-electron chi connectivity index (χ3n) is 4.26. The van der Waals surface area contributed by atoms with E-state index in [0.29, 0.717) is 36.6 Å². The molecule has 2 amide bonds. The van der Waals surface area contributed by atoms with Gasteiger partial charge in [-0.2, -0.15) is 5.10 Å². The maximum atomic E-state index is 12.4. The molecular weight excluding hydrogens is 328 g/mol. The molecule has 0 radical (unpaired) electrons. The highest BCUT2D eigenvalue weighted by atomic mass is 35.5. The molecule has 1 aliphatic rings. The first-order valence-corrected chi connectivity index (χ1v) is 8.28. The predicted octanol–water partition coefficient (Wildman–Crippen LogP) is 2.72. The summed E-state index contributed by atoms with van der Waals surface area (Å²) in [6.07, 6.45) is 4.71. The van der Waals surface area contributed by atoms with E-state index >= 15 is 0 Å². The minimum absolute atomic E-state index is 0.0306. The second-order valence-corrected chi connectivity index (χ2v) is 6.30. The minimum atomic E-state index is -0.0794. The van der Waals surface area contributed by atoms with Crippen molar-refractivity contribution in [1.82, 2.24) is 14.7 Å². The van der Waals surface area contributed by atoms with Gasteiger partial charge in [-0.1, -0.05) is 23.7 Å². The monoisotopic (exact) mass is 346 g/mol. The van der Waals surface area contributed by atoms with Gasteiger partial charge in [-0.25, -0.2) is 4.68 Å². The molecule has 7 heteroatoms. The Balaban J connectivity index is 1.62. The van der Waals surface area contributed by atoms with Gasteiger partial charge in [0.2, 0.25) is 11.8 Å². The van der Waals surface area contributed by atoms with Crippen molar-refractivity contribution in [2.24, 2.45) is 5.92 Å². The number of benzene rings is 1. The average Bonchev–Trinajstić information content (AvgIpc) is 3.03. The largest absolute Gasteiger partial charge is 0.343 e. The number of nitrogens with zero attached hydrogens (tertiary/aromatic N) is 3. The molecular formula is C17H19ClN4O2. The molecule has 24 heavy (non-hydrogen) atoms. The molecule has 0 saturated carbocycles. The SMILES string of the molecule is CC(=O)N1CCC(C(=O)Nc2cnn(-c3ccccc3Cl)c2)CC1. The molecule has 0 unspecified atom stereocenters. The number of halogens is 1. The van der Waals surface area contributed by atoms with Crippen LogP contribution in [-0.4, -0.2) is 39.6 Å².